The maximum Gasteiger partial charge on any atom is 0.227 e. The molecule has 6 heteroatoms. The minimum Gasteiger partial charge on any atom is -0.492 e. The summed E-state index contributed by atoms with van der Waals surface area (Å²) in [5.41, 5.74) is 2.07. The molecule has 0 spiro atoms. The summed E-state index contributed by atoms with van der Waals surface area (Å²) in [7, 11) is 0. The number of hydrogen-bond acceptors (Lipinski definition) is 3. The zero-order valence-corrected chi connectivity index (χ0v) is 16.0. The molecule has 0 radical (unpaired) electrons. The lowest BCUT2D eigenvalue weighted by Gasteiger charge is -2.17. The predicted octanol–water partition coefficient (Wildman–Crippen LogP) is 3.45. The van der Waals surface area contributed by atoms with Crippen LogP contribution in [0.5, 0.6) is 5.75 Å². The van der Waals surface area contributed by atoms with Crippen molar-refractivity contribution in [3.8, 4) is 5.75 Å². The number of hydrogen-bond donors (Lipinski definition) is 1. The number of anilines is 1. The van der Waals surface area contributed by atoms with E-state index in [1.165, 1.54) is 5.56 Å². The number of carbonyl (C=O) groups excluding carboxylic acids is 2. The van der Waals surface area contributed by atoms with Gasteiger partial charge in [0, 0.05) is 23.7 Å². The van der Waals surface area contributed by atoms with Gasteiger partial charge in [-0.15, -0.1) is 0 Å². The summed E-state index contributed by atoms with van der Waals surface area (Å²) in [5.74, 6) is 0.234. The highest BCUT2D eigenvalue weighted by Crippen LogP contribution is 2.25. The van der Waals surface area contributed by atoms with E-state index >= 15 is 0 Å². The van der Waals surface area contributed by atoms with Gasteiger partial charge < -0.3 is 15.0 Å². The molecule has 0 unspecified atom stereocenters. The summed E-state index contributed by atoms with van der Waals surface area (Å²) in [5, 5.41) is 3.50. The molecule has 2 aromatic carbocycles. The molecule has 1 saturated heterocycles. The van der Waals surface area contributed by atoms with E-state index in [0.29, 0.717) is 30.5 Å². The van der Waals surface area contributed by atoms with Gasteiger partial charge in [-0.05, 0) is 48.4 Å². The van der Waals surface area contributed by atoms with E-state index in [4.69, 9.17) is 16.3 Å². The molecule has 27 heavy (non-hydrogen) atoms. The maximum atomic E-state index is 12.4. The Balaban J connectivity index is 1.46. The molecule has 1 aliphatic rings. The number of aryl methyl sites for hydroxylation is 1. The van der Waals surface area contributed by atoms with Crippen molar-refractivity contribution in [2.24, 2.45) is 5.92 Å². The molecule has 2 amide bonds. The molecule has 5 nitrogen and oxygen atoms in total. The van der Waals surface area contributed by atoms with Crippen molar-refractivity contribution in [2.75, 3.05) is 24.6 Å². The lowest BCUT2D eigenvalue weighted by Crippen LogP contribution is -2.35. The highest BCUT2D eigenvalue weighted by atomic mass is 35.5. The molecule has 142 valence electrons. The predicted molar refractivity (Wildman–Crippen MR) is 106 cm³/mol. The minimum absolute atomic E-state index is 0.0168. The molecule has 1 N–H and O–H groups in total. The fourth-order valence-corrected chi connectivity index (χ4v) is 3.19. The third-order valence-electron chi connectivity index (χ3n) is 4.64. The molecule has 1 aliphatic heterocycles. The molecule has 0 aliphatic carbocycles. The average Bonchev–Trinajstić information content (AvgIpc) is 3.08. The third kappa shape index (κ3) is 5.01. The lowest BCUT2D eigenvalue weighted by molar-refractivity contribution is -0.126. The second kappa shape index (κ2) is 8.91. The number of nitrogens with zero attached hydrogens (tertiary/aromatic N) is 1. The minimum atomic E-state index is -0.334. The summed E-state index contributed by atoms with van der Waals surface area (Å²) < 4.78 is 5.56. The Morgan fingerprint density at radius 3 is 2.56 bits per heavy atom. The van der Waals surface area contributed by atoms with E-state index in [2.05, 4.69) is 12.2 Å². The molecule has 2 aromatic rings. The van der Waals surface area contributed by atoms with Crippen LogP contribution in [-0.2, 0) is 16.0 Å². The summed E-state index contributed by atoms with van der Waals surface area (Å²) in [6.45, 7) is 3.24. The quantitative estimate of drug-likeness (QED) is 0.741. The Kier molecular flexibility index (Phi) is 6.35. The van der Waals surface area contributed by atoms with Gasteiger partial charge in [0.15, 0.2) is 0 Å². The number of benzene rings is 2. The van der Waals surface area contributed by atoms with Gasteiger partial charge in [0.2, 0.25) is 11.8 Å². The zero-order chi connectivity index (χ0) is 19.2. The number of halogens is 1. The van der Waals surface area contributed by atoms with Crippen molar-refractivity contribution in [2.45, 2.75) is 19.8 Å². The van der Waals surface area contributed by atoms with Crippen LogP contribution in [0.1, 0.15) is 18.9 Å². The van der Waals surface area contributed by atoms with Gasteiger partial charge in [-0.3, -0.25) is 9.59 Å². The molecule has 1 fully saturated rings. The summed E-state index contributed by atoms with van der Waals surface area (Å²) in [6, 6.07) is 15.0. The largest absolute Gasteiger partial charge is 0.492 e. The lowest BCUT2D eigenvalue weighted by atomic mass is 10.1. The van der Waals surface area contributed by atoms with Crippen molar-refractivity contribution >= 4 is 29.1 Å². The fourth-order valence-electron chi connectivity index (χ4n) is 3.06. The van der Waals surface area contributed by atoms with Crippen LogP contribution < -0.4 is 15.0 Å². The standard InChI is InChI=1S/C21H23ClN2O3/c1-2-15-3-7-18(8-4-15)24-14-16(13-20(24)25)21(26)23-11-12-27-19-9-5-17(22)6-10-19/h3-10,16H,2,11-14H2,1H3,(H,23,26)/t16-/m1/s1. The first-order chi connectivity index (χ1) is 13.1. The number of rotatable bonds is 7. The smallest absolute Gasteiger partial charge is 0.227 e. The van der Waals surface area contributed by atoms with Crippen LogP contribution in [0.2, 0.25) is 5.02 Å². The topological polar surface area (TPSA) is 58.6 Å². The monoisotopic (exact) mass is 386 g/mol. The molecule has 0 saturated carbocycles. The fraction of sp³-hybridized carbons (Fsp3) is 0.333. The SMILES string of the molecule is CCc1ccc(N2C[C@H](C(=O)NCCOc3ccc(Cl)cc3)CC2=O)cc1. The van der Waals surface area contributed by atoms with E-state index in [1.807, 2.05) is 24.3 Å². The van der Waals surface area contributed by atoms with E-state index in [-0.39, 0.29) is 24.2 Å². The van der Waals surface area contributed by atoms with E-state index in [1.54, 1.807) is 29.2 Å². The van der Waals surface area contributed by atoms with Crippen LogP contribution in [-0.4, -0.2) is 31.5 Å². The van der Waals surface area contributed by atoms with Crippen molar-refractivity contribution in [1.29, 1.82) is 0 Å². The van der Waals surface area contributed by atoms with Crippen molar-refractivity contribution in [3.63, 3.8) is 0 Å². The van der Waals surface area contributed by atoms with Gasteiger partial charge in [0.05, 0.1) is 12.5 Å². The second-order valence-electron chi connectivity index (χ2n) is 6.52. The Morgan fingerprint density at radius 2 is 1.89 bits per heavy atom. The highest BCUT2D eigenvalue weighted by molar-refractivity contribution is 6.30. The van der Waals surface area contributed by atoms with E-state index in [9.17, 15) is 9.59 Å². The maximum absolute atomic E-state index is 12.4. The Labute approximate surface area is 164 Å². The molecule has 1 atom stereocenters. The molecular weight excluding hydrogens is 364 g/mol. The Hall–Kier alpha value is -2.53. The van der Waals surface area contributed by atoms with Gasteiger partial charge in [-0.2, -0.15) is 0 Å². The van der Waals surface area contributed by atoms with Crippen LogP contribution in [0.25, 0.3) is 0 Å². The first-order valence-electron chi connectivity index (χ1n) is 9.12. The van der Waals surface area contributed by atoms with Crippen LogP contribution in [0.3, 0.4) is 0 Å². The number of carbonyl (C=O) groups is 2. The van der Waals surface area contributed by atoms with Gasteiger partial charge in [-0.25, -0.2) is 0 Å². The zero-order valence-electron chi connectivity index (χ0n) is 15.3. The first-order valence-corrected chi connectivity index (χ1v) is 9.50. The van der Waals surface area contributed by atoms with Crippen LogP contribution in [0.15, 0.2) is 48.5 Å². The van der Waals surface area contributed by atoms with Gasteiger partial charge in [0.1, 0.15) is 12.4 Å². The summed E-state index contributed by atoms with van der Waals surface area (Å²) in [4.78, 5) is 26.3. The number of ether oxygens (including phenoxy) is 1. The molecular formula is C21H23ClN2O3. The normalized spacial score (nSPS) is 16.4. The van der Waals surface area contributed by atoms with E-state index in [0.717, 1.165) is 12.1 Å². The second-order valence-corrected chi connectivity index (χ2v) is 6.96. The number of nitrogens with one attached hydrogen (secondary N) is 1. The van der Waals surface area contributed by atoms with Gasteiger partial charge >= 0.3 is 0 Å². The van der Waals surface area contributed by atoms with Crippen molar-refractivity contribution in [1.82, 2.24) is 5.32 Å². The summed E-state index contributed by atoms with van der Waals surface area (Å²) in [6.07, 6.45) is 1.19. The van der Waals surface area contributed by atoms with Crippen LogP contribution >= 0.6 is 11.6 Å². The first kappa shape index (κ1) is 19.2. The molecule has 1 heterocycles. The molecule has 0 bridgehead atoms. The number of amides is 2. The summed E-state index contributed by atoms with van der Waals surface area (Å²) >= 11 is 5.83. The Morgan fingerprint density at radius 1 is 1.19 bits per heavy atom. The average molecular weight is 387 g/mol. The van der Waals surface area contributed by atoms with Gasteiger partial charge in [-0.1, -0.05) is 30.7 Å². The van der Waals surface area contributed by atoms with Crippen LogP contribution in [0.4, 0.5) is 5.69 Å². The third-order valence-corrected chi connectivity index (χ3v) is 4.89. The highest BCUT2D eigenvalue weighted by Gasteiger charge is 2.34. The van der Waals surface area contributed by atoms with Crippen LogP contribution in [0, 0.1) is 5.92 Å². The van der Waals surface area contributed by atoms with E-state index < -0.39 is 0 Å². The van der Waals surface area contributed by atoms with Crippen molar-refractivity contribution in [3.05, 3.63) is 59.1 Å². The Bertz CT molecular complexity index is 790. The molecule has 0 aromatic heterocycles. The van der Waals surface area contributed by atoms with Gasteiger partial charge in [0.25, 0.3) is 0 Å². The van der Waals surface area contributed by atoms with Crippen molar-refractivity contribution < 1.29 is 14.3 Å². The molecule has 3 rings (SSSR count).